The molecular weight excluding hydrogens is 288 g/mol. The molecule has 118 valence electrons. The highest BCUT2D eigenvalue weighted by atomic mass is 16.2. The van der Waals surface area contributed by atoms with Crippen molar-refractivity contribution < 1.29 is 9.59 Å². The minimum Gasteiger partial charge on any atom is -0.352 e. The van der Waals surface area contributed by atoms with Gasteiger partial charge < -0.3 is 10.6 Å². The number of amides is 2. The highest BCUT2D eigenvalue weighted by Gasteiger charge is 2.47. The Labute approximate surface area is 135 Å². The van der Waals surface area contributed by atoms with Crippen molar-refractivity contribution in [1.82, 2.24) is 5.32 Å². The molecule has 2 N–H and O–H groups in total. The maximum atomic E-state index is 12.1. The summed E-state index contributed by atoms with van der Waals surface area (Å²) < 4.78 is 0. The van der Waals surface area contributed by atoms with Crippen molar-refractivity contribution >= 4 is 17.5 Å². The molecule has 2 aromatic rings. The number of anilines is 1. The van der Waals surface area contributed by atoms with E-state index in [0.717, 1.165) is 11.3 Å². The predicted octanol–water partition coefficient (Wildman–Crippen LogP) is 2.89. The van der Waals surface area contributed by atoms with Crippen LogP contribution >= 0.6 is 0 Å². The molecule has 1 aliphatic rings. The third-order valence-corrected chi connectivity index (χ3v) is 4.05. The fourth-order valence-electron chi connectivity index (χ4n) is 2.67. The predicted molar refractivity (Wildman–Crippen MR) is 89.7 cm³/mol. The van der Waals surface area contributed by atoms with Gasteiger partial charge in [0.2, 0.25) is 11.8 Å². The highest BCUT2D eigenvalue weighted by molar-refractivity contribution is 5.99. The number of nitrogens with one attached hydrogen (secondary N) is 2. The molecule has 2 aromatic carbocycles. The number of hydrogen-bond acceptors (Lipinski definition) is 2. The van der Waals surface area contributed by atoms with Gasteiger partial charge in [-0.25, -0.2) is 0 Å². The first-order valence-electron chi connectivity index (χ1n) is 7.82. The van der Waals surface area contributed by atoms with Crippen molar-refractivity contribution in [2.45, 2.75) is 19.9 Å². The summed E-state index contributed by atoms with van der Waals surface area (Å²) >= 11 is 0. The summed E-state index contributed by atoms with van der Waals surface area (Å²) in [5.41, 5.74) is 3.01. The van der Waals surface area contributed by atoms with Crippen molar-refractivity contribution in [3.8, 4) is 0 Å². The molecule has 2 unspecified atom stereocenters. The van der Waals surface area contributed by atoms with Crippen LogP contribution in [0.4, 0.5) is 5.69 Å². The zero-order chi connectivity index (χ0) is 16.2. The number of carbonyl (C=O) groups excluding carboxylic acids is 2. The fourth-order valence-corrected chi connectivity index (χ4v) is 2.67. The Morgan fingerprint density at radius 1 is 1.00 bits per heavy atom. The summed E-state index contributed by atoms with van der Waals surface area (Å²) in [6.45, 7) is 2.53. The largest absolute Gasteiger partial charge is 0.352 e. The lowest BCUT2D eigenvalue weighted by atomic mass is 10.1. The Morgan fingerprint density at radius 3 is 2.48 bits per heavy atom. The number of rotatable bonds is 5. The second-order valence-electron chi connectivity index (χ2n) is 6.01. The summed E-state index contributed by atoms with van der Waals surface area (Å²) in [7, 11) is 0. The molecule has 0 radical (unpaired) electrons. The zero-order valence-corrected chi connectivity index (χ0v) is 13.1. The van der Waals surface area contributed by atoms with Gasteiger partial charge in [0.15, 0.2) is 0 Å². The monoisotopic (exact) mass is 308 g/mol. The Kier molecular flexibility index (Phi) is 4.42. The highest BCUT2D eigenvalue weighted by Crippen LogP contribution is 2.39. The molecule has 4 heteroatoms. The van der Waals surface area contributed by atoms with Gasteiger partial charge in [-0.05, 0) is 31.0 Å². The molecule has 0 aliphatic heterocycles. The van der Waals surface area contributed by atoms with Crippen LogP contribution in [-0.2, 0) is 16.1 Å². The number of hydrogen-bond donors (Lipinski definition) is 2. The van der Waals surface area contributed by atoms with Crippen LogP contribution in [0.15, 0.2) is 54.6 Å². The van der Waals surface area contributed by atoms with Crippen LogP contribution < -0.4 is 10.6 Å². The molecule has 2 atom stereocenters. The van der Waals surface area contributed by atoms with Gasteiger partial charge in [-0.15, -0.1) is 0 Å². The fraction of sp³-hybridized carbons (Fsp3) is 0.263. The minimum absolute atomic E-state index is 0.0419. The van der Waals surface area contributed by atoms with Gasteiger partial charge >= 0.3 is 0 Å². The molecular formula is C19H20N2O2. The molecule has 0 bridgehead atoms. The number of benzene rings is 2. The average molecular weight is 308 g/mol. The number of carbonyl (C=O) groups is 2. The summed E-state index contributed by atoms with van der Waals surface area (Å²) in [4.78, 5) is 24.3. The van der Waals surface area contributed by atoms with Crippen LogP contribution in [0.25, 0.3) is 0 Å². The quantitative estimate of drug-likeness (QED) is 0.892. The molecule has 0 heterocycles. The first-order chi connectivity index (χ1) is 11.1. The van der Waals surface area contributed by atoms with E-state index in [1.807, 2.05) is 61.5 Å². The van der Waals surface area contributed by atoms with Crippen LogP contribution in [0.5, 0.6) is 0 Å². The molecule has 23 heavy (non-hydrogen) atoms. The molecule has 0 aromatic heterocycles. The molecule has 1 saturated carbocycles. The van der Waals surface area contributed by atoms with Crippen LogP contribution in [0.3, 0.4) is 0 Å². The topological polar surface area (TPSA) is 58.2 Å². The van der Waals surface area contributed by atoms with E-state index in [4.69, 9.17) is 0 Å². The molecule has 1 aliphatic carbocycles. The molecule has 4 nitrogen and oxygen atoms in total. The third-order valence-electron chi connectivity index (χ3n) is 4.05. The van der Waals surface area contributed by atoms with E-state index in [2.05, 4.69) is 10.6 Å². The maximum absolute atomic E-state index is 12.1. The molecule has 0 spiro atoms. The van der Waals surface area contributed by atoms with Gasteiger partial charge in [0.1, 0.15) is 0 Å². The molecule has 1 fully saturated rings. The van der Waals surface area contributed by atoms with Gasteiger partial charge in [0, 0.05) is 12.2 Å². The Morgan fingerprint density at radius 2 is 1.74 bits per heavy atom. The van der Waals surface area contributed by atoms with E-state index in [1.54, 1.807) is 0 Å². The summed E-state index contributed by atoms with van der Waals surface area (Å²) in [5, 5.41) is 5.77. The summed E-state index contributed by atoms with van der Waals surface area (Å²) in [6, 6.07) is 17.4. The van der Waals surface area contributed by atoms with Gasteiger partial charge in [-0.2, -0.15) is 0 Å². The zero-order valence-electron chi connectivity index (χ0n) is 13.1. The SMILES string of the molecule is Cc1cccc(CNC(=O)C2CC2C(=O)Nc2ccccc2)c1. The van der Waals surface area contributed by atoms with Crippen molar-refractivity contribution in [1.29, 1.82) is 0 Å². The normalized spacial score (nSPS) is 19.0. The van der Waals surface area contributed by atoms with E-state index < -0.39 is 0 Å². The van der Waals surface area contributed by atoms with Crippen LogP contribution in [0.1, 0.15) is 17.5 Å². The summed E-state index contributed by atoms with van der Waals surface area (Å²) in [6.07, 6.45) is 0.623. The van der Waals surface area contributed by atoms with Crippen molar-refractivity contribution in [3.63, 3.8) is 0 Å². The van der Waals surface area contributed by atoms with Gasteiger partial charge in [0.25, 0.3) is 0 Å². The van der Waals surface area contributed by atoms with Crippen LogP contribution in [0, 0.1) is 18.8 Å². The number of aryl methyl sites for hydroxylation is 1. The smallest absolute Gasteiger partial charge is 0.228 e. The summed E-state index contributed by atoms with van der Waals surface area (Å²) in [5.74, 6) is -0.539. The Bertz CT molecular complexity index is 712. The van der Waals surface area contributed by atoms with E-state index in [9.17, 15) is 9.59 Å². The van der Waals surface area contributed by atoms with E-state index in [-0.39, 0.29) is 23.7 Å². The lowest BCUT2D eigenvalue weighted by Crippen LogP contribution is -2.27. The van der Waals surface area contributed by atoms with Crippen molar-refractivity contribution in [2.24, 2.45) is 11.8 Å². The maximum Gasteiger partial charge on any atom is 0.228 e. The molecule has 2 amide bonds. The van der Waals surface area contributed by atoms with E-state index in [1.165, 1.54) is 5.56 Å². The average Bonchev–Trinajstić information content (AvgIpc) is 3.34. The molecule has 3 rings (SSSR count). The van der Waals surface area contributed by atoms with E-state index in [0.29, 0.717) is 13.0 Å². The second kappa shape index (κ2) is 6.65. The van der Waals surface area contributed by atoms with E-state index >= 15 is 0 Å². The lowest BCUT2D eigenvalue weighted by molar-refractivity contribution is -0.125. The van der Waals surface area contributed by atoms with Gasteiger partial charge in [-0.3, -0.25) is 9.59 Å². The Balaban J connectivity index is 1.48. The van der Waals surface area contributed by atoms with Crippen molar-refractivity contribution in [3.05, 3.63) is 65.7 Å². The van der Waals surface area contributed by atoms with Crippen LogP contribution in [0.2, 0.25) is 0 Å². The minimum atomic E-state index is -0.215. The van der Waals surface area contributed by atoms with Gasteiger partial charge in [-0.1, -0.05) is 48.0 Å². The molecule has 0 saturated heterocycles. The standard InChI is InChI=1S/C19H20N2O2/c1-13-6-5-7-14(10-13)12-20-18(22)16-11-17(16)19(23)21-15-8-3-2-4-9-15/h2-10,16-17H,11-12H2,1H3,(H,20,22)(H,21,23). The number of para-hydroxylation sites is 1. The first kappa shape index (κ1) is 15.3. The van der Waals surface area contributed by atoms with Gasteiger partial charge in [0.05, 0.1) is 11.8 Å². The van der Waals surface area contributed by atoms with Crippen LogP contribution in [-0.4, -0.2) is 11.8 Å². The Hall–Kier alpha value is -2.62. The lowest BCUT2D eigenvalue weighted by Gasteiger charge is -2.07. The second-order valence-corrected chi connectivity index (χ2v) is 6.01. The first-order valence-corrected chi connectivity index (χ1v) is 7.82. The van der Waals surface area contributed by atoms with Crippen molar-refractivity contribution in [2.75, 3.05) is 5.32 Å². The third kappa shape index (κ3) is 3.97.